The number of benzene rings is 1. The molecule has 25 heavy (non-hydrogen) atoms. The first-order chi connectivity index (χ1) is 11.2. The van der Waals surface area contributed by atoms with E-state index in [9.17, 15) is 49.4 Å². The summed E-state index contributed by atoms with van der Waals surface area (Å²) in [6.07, 6.45) is -15.1. The zero-order chi connectivity index (χ0) is 19.4. The Bertz CT molecular complexity index is 745. The van der Waals surface area contributed by atoms with E-state index >= 15 is 0 Å². The summed E-state index contributed by atoms with van der Waals surface area (Å²) in [6.45, 7) is 0. The van der Waals surface area contributed by atoms with Gasteiger partial charge in [0.25, 0.3) is 0 Å². The summed E-state index contributed by atoms with van der Waals surface area (Å²) in [5.41, 5.74) is -9.35. The second-order valence-electron chi connectivity index (χ2n) is 5.20. The number of carbonyl (C=O) groups excluding carboxylic acids is 1. The molecule has 0 fully saturated rings. The second-order valence-corrected chi connectivity index (χ2v) is 5.20. The Morgan fingerprint density at radius 2 is 1.44 bits per heavy atom. The number of alkyl halides is 7. The van der Waals surface area contributed by atoms with E-state index in [1.54, 1.807) is 0 Å². The number of halogens is 9. The lowest BCUT2D eigenvalue weighted by Gasteiger charge is -2.33. The zero-order valence-corrected chi connectivity index (χ0v) is 11.8. The highest BCUT2D eigenvalue weighted by atomic mass is 19.4. The number of allylic oxidation sites excluding steroid dienone is 1. The molecule has 0 saturated heterocycles. The van der Waals surface area contributed by atoms with Crippen LogP contribution in [-0.4, -0.2) is 23.8 Å². The molecule has 2 nitrogen and oxygen atoms in total. The third-order valence-corrected chi connectivity index (χ3v) is 3.67. The van der Waals surface area contributed by atoms with Gasteiger partial charge in [-0.3, -0.25) is 4.79 Å². The summed E-state index contributed by atoms with van der Waals surface area (Å²) in [4.78, 5) is 11.6. The average molecular weight is 377 g/mol. The molecule has 0 spiro atoms. The largest absolute Gasteiger partial charge is 0.872 e. The average Bonchev–Trinajstić information content (AvgIpc) is 2.44. The van der Waals surface area contributed by atoms with Crippen LogP contribution in [0.25, 0.3) is 5.76 Å². The summed E-state index contributed by atoms with van der Waals surface area (Å²) in [7, 11) is 0. The van der Waals surface area contributed by atoms with E-state index in [2.05, 4.69) is 0 Å². The molecule has 0 heterocycles. The first-order valence-corrected chi connectivity index (χ1v) is 6.47. The monoisotopic (exact) mass is 377 g/mol. The van der Waals surface area contributed by atoms with Gasteiger partial charge in [-0.1, -0.05) is 5.76 Å². The van der Waals surface area contributed by atoms with Gasteiger partial charge in [0.2, 0.25) is 5.78 Å². The molecule has 0 amide bonds. The first-order valence-electron chi connectivity index (χ1n) is 6.47. The van der Waals surface area contributed by atoms with Gasteiger partial charge in [-0.05, 0) is 35.6 Å². The van der Waals surface area contributed by atoms with E-state index < -0.39 is 70.7 Å². The van der Waals surface area contributed by atoms with Gasteiger partial charge in [-0.25, -0.2) is 13.2 Å². The second kappa shape index (κ2) is 5.67. The Hall–Kier alpha value is -2.20. The van der Waals surface area contributed by atoms with Gasteiger partial charge in [-0.2, -0.15) is 26.3 Å². The lowest BCUT2D eigenvalue weighted by molar-refractivity contribution is -0.324. The summed E-state index contributed by atoms with van der Waals surface area (Å²) < 4.78 is 116. The number of fused-ring (bicyclic) bond motifs is 1. The maximum atomic E-state index is 13.8. The highest BCUT2D eigenvalue weighted by molar-refractivity contribution is 6.08. The fourth-order valence-corrected chi connectivity index (χ4v) is 2.43. The molecule has 0 radical (unpaired) electrons. The molecule has 1 aliphatic rings. The number of ketones is 1. The van der Waals surface area contributed by atoms with Crippen molar-refractivity contribution < 1.29 is 49.4 Å². The van der Waals surface area contributed by atoms with Crippen LogP contribution >= 0.6 is 0 Å². The molecule has 1 aromatic carbocycles. The maximum absolute atomic E-state index is 13.8. The molecule has 1 aromatic rings. The van der Waals surface area contributed by atoms with E-state index in [0.717, 1.165) is 0 Å². The number of rotatable bonds is 2. The number of carbonyl (C=O) groups is 1. The van der Waals surface area contributed by atoms with Gasteiger partial charge < -0.3 is 5.11 Å². The Labute approximate surface area is 133 Å². The van der Waals surface area contributed by atoms with Crippen LogP contribution < -0.4 is 5.11 Å². The topological polar surface area (TPSA) is 40.1 Å². The van der Waals surface area contributed by atoms with E-state index in [0.29, 0.717) is 12.1 Å². The van der Waals surface area contributed by atoms with Crippen molar-refractivity contribution in [3.05, 3.63) is 40.5 Å². The Kier molecular flexibility index (Phi) is 4.34. The number of hydrogen-bond donors (Lipinski definition) is 0. The van der Waals surface area contributed by atoms with Crippen molar-refractivity contribution >= 4 is 11.5 Å². The van der Waals surface area contributed by atoms with Crippen LogP contribution in [0, 0.1) is 11.6 Å². The number of Topliss-reactive ketones (excluding diaryl/α,β-unsaturated/α-hetero) is 1. The molecule has 0 aromatic heterocycles. The van der Waals surface area contributed by atoms with Crippen LogP contribution in [0.1, 0.15) is 17.5 Å². The Balaban J connectivity index is 2.66. The Morgan fingerprint density at radius 3 is 1.92 bits per heavy atom. The van der Waals surface area contributed by atoms with Crippen molar-refractivity contribution in [2.24, 2.45) is 0 Å². The molecule has 138 valence electrons. The minimum absolute atomic E-state index is 0.351. The van der Waals surface area contributed by atoms with Crippen molar-refractivity contribution in [3.8, 4) is 0 Å². The quantitative estimate of drug-likeness (QED) is 0.742. The molecule has 1 aliphatic carbocycles. The molecule has 0 unspecified atom stereocenters. The molecule has 11 heteroatoms. The minimum atomic E-state index is -6.68. The molecule has 0 aliphatic heterocycles. The van der Waals surface area contributed by atoms with Gasteiger partial charge in [0.15, 0.2) is 0 Å². The van der Waals surface area contributed by atoms with Gasteiger partial charge in [-0.15, -0.1) is 0 Å². The predicted molar refractivity (Wildman–Crippen MR) is 62.6 cm³/mol. The highest BCUT2D eigenvalue weighted by Gasteiger charge is 2.77. The normalized spacial score (nSPS) is 16.0. The molecule has 2 rings (SSSR count). The Morgan fingerprint density at radius 1 is 0.920 bits per heavy atom. The van der Waals surface area contributed by atoms with Crippen LogP contribution in [-0.2, 0) is 11.2 Å². The van der Waals surface area contributed by atoms with Crippen LogP contribution in [0.2, 0.25) is 0 Å². The summed E-state index contributed by atoms with van der Waals surface area (Å²) >= 11 is 0. The van der Waals surface area contributed by atoms with Gasteiger partial charge in [0.05, 0.1) is 0 Å². The summed E-state index contributed by atoms with van der Waals surface area (Å²) in [6, 6.07) is 0.706. The van der Waals surface area contributed by atoms with Crippen LogP contribution in [0.15, 0.2) is 17.7 Å². The summed E-state index contributed by atoms with van der Waals surface area (Å²) in [5.74, 6) is -7.50. The van der Waals surface area contributed by atoms with Gasteiger partial charge in [0, 0.05) is 6.07 Å². The first kappa shape index (κ1) is 19.1. The van der Waals surface area contributed by atoms with Crippen LogP contribution in [0.3, 0.4) is 0 Å². The van der Waals surface area contributed by atoms with Crippen molar-refractivity contribution in [2.75, 3.05) is 0 Å². The molecule has 0 bridgehead atoms. The molecule has 0 atom stereocenters. The third kappa shape index (κ3) is 2.85. The minimum Gasteiger partial charge on any atom is -0.872 e. The highest BCUT2D eigenvalue weighted by Crippen LogP contribution is 2.49. The van der Waals surface area contributed by atoms with E-state index in [4.69, 9.17) is 0 Å². The smallest absolute Gasteiger partial charge is 0.439 e. The molecule has 0 N–H and O–H groups in total. The van der Waals surface area contributed by atoms with E-state index in [1.165, 1.54) is 0 Å². The van der Waals surface area contributed by atoms with Crippen LogP contribution in [0.5, 0.6) is 0 Å². The summed E-state index contributed by atoms with van der Waals surface area (Å²) in [5, 5.41) is 12.0. The van der Waals surface area contributed by atoms with Crippen LogP contribution in [0.4, 0.5) is 39.5 Å². The van der Waals surface area contributed by atoms with Crippen molar-refractivity contribution in [3.63, 3.8) is 0 Å². The van der Waals surface area contributed by atoms with Gasteiger partial charge in [0.1, 0.15) is 11.6 Å². The zero-order valence-electron chi connectivity index (χ0n) is 11.8. The molecular formula is C14H6F9O2-. The van der Waals surface area contributed by atoms with E-state index in [1.807, 2.05) is 0 Å². The fourth-order valence-electron chi connectivity index (χ4n) is 2.43. The van der Waals surface area contributed by atoms with Crippen molar-refractivity contribution in [1.82, 2.24) is 0 Å². The lowest BCUT2D eigenvalue weighted by Crippen LogP contribution is -2.59. The maximum Gasteiger partial charge on any atom is 0.439 e. The number of hydrogen-bond acceptors (Lipinski definition) is 2. The SMILES string of the molecule is O=C(C1=C([O-])c2cc(F)cc(F)c2CC1)C(F)(C(F)(F)F)C(F)(F)F. The van der Waals surface area contributed by atoms with Crippen molar-refractivity contribution in [1.29, 1.82) is 0 Å². The van der Waals surface area contributed by atoms with Gasteiger partial charge >= 0.3 is 18.0 Å². The fraction of sp³-hybridized carbons (Fsp3) is 0.357. The van der Waals surface area contributed by atoms with Crippen molar-refractivity contribution in [2.45, 2.75) is 30.9 Å². The molecule has 0 saturated carbocycles. The molecular weight excluding hydrogens is 371 g/mol. The predicted octanol–water partition coefficient (Wildman–Crippen LogP) is 3.38. The third-order valence-electron chi connectivity index (χ3n) is 3.67. The lowest BCUT2D eigenvalue weighted by atomic mass is 9.83. The van der Waals surface area contributed by atoms with E-state index in [-0.39, 0.29) is 0 Å². The standard InChI is InChI=1S/C14H7F9O2/c15-5-3-8-6(9(16)4-5)1-2-7(10(8)24)11(25)12(17,13(18,19)20)14(21,22)23/h3-4,24H,1-2H2/p-1.